The molecule has 1 aliphatic rings. The number of hydrogen-bond acceptors (Lipinski definition) is 4. The van der Waals surface area contributed by atoms with E-state index in [0.29, 0.717) is 11.3 Å². The van der Waals surface area contributed by atoms with Gasteiger partial charge in [0.1, 0.15) is 0 Å². The van der Waals surface area contributed by atoms with E-state index in [1.807, 2.05) is 0 Å². The summed E-state index contributed by atoms with van der Waals surface area (Å²) in [6, 6.07) is 0. The van der Waals surface area contributed by atoms with Gasteiger partial charge in [-0.3, -0.25) is 0 Å². The standard InChI is InChI=1S/C9H14N4S/c10-3-1-7-6-2-4-11-5-8(6)13-9(14)12-7/h11H,1-5,10H2,(H,12,13,14). The van der Waals surface area contributed by atoms with Gasteiger partial charge in [-0.1, -0.05) is 0 Å². The van der Waals surface area contributed by atoms with E-state index in [4.69, 9.17) is 18.0 Å². The van der Waals surface area contributed by atoms with E-state index in [9.17, 15) is 0 Å². The second-order valence-electron chi connectivity index (χ2n) is 3.41. The van der Waals surface area contributed by atoms with Gasteiger partial charge in [0.15, 0.2) is 4.77 Å². The van der Waals surface area contributed by atoms with Crippen LogP contribution in [0.15, 0.2) is 0 Å². The Hall–Kier alpha value is -0.780. The molecule has 0 fully saturated rings. The van der Waals surface area contributed by atoms with E-state index < -0.39 is 0 Å². The molecule has 2 rings (SSSR count). The van der Waals surface area contributed by atoms with Crippen molar-refractivity contribution in [2.24, 2.45) is 5.73 Å². The monoisotopic (exact) mass is 210 g/mol. The number of nitrogens with two attached hydrogens (primary N) is 1. The molecule has 0 aliphatic carbocycles. The van der Waals surface area contributed by atoms with Gasteiger partial charge in [-0.15, -0.1) is 0 Å². The van der Waals surface area contributed by atoms with Crippen LogP contribution >= 0.6 is 12.2 Å². The minimum Gasteiger partial charge on any atom is -0.333 e. The third-order valence-electron chi connectivity index (χ3n) is 2.44. The number of hydrogen-bond donors (Lipinski definition) is 3. The minimum atomic E-state index is 0.566. The summed E-state index contributed by atoms with van der Waals surface area (Å²) < 4.78 is 0.566. The number of aromatic nitrogens is 2. The topological polar surface area (TPSA) is 66.7 Å². The van der Waals surface area contributed by atoms with Gasteiger partial charge in [0.2, 0.25) is 0 Å². The molecule has 0 unspecified atom stereocenters. The first-order valence-corrected chi connectivity index (χ1v) is 5.24. The molecule has 2 heterocycles. The Kier molecular flexibility index (Phi) is 2.90. The molecule has 0 spiro atoms. The maximum atomic E-state index is 5.54. The zero-order valence-corrected chi connectivity index (χ0v) is 8.78. The van der Waals surface area contributed by atoms with Crippen molar-refractivity contribution in [3.63, 3.8) is 0 Å². The second kappa shape index (κ2) is 4.16. The number of nitrogens with zero attached hydrogens (tertiary/aromatic N) is 1. The van der Waals surface area contributed by atoms with Gasteiger partial charge in [0, 0.05) is 24.4 Å². The molecule has 4 N–H and O–H groups in total. The molecule has 0 saturated heterocycles. The fourth-order valence-corrected chi connectivity index (χ4v) is 2.05. The first-order chi connectivity index (χ1) is 6.81. The first-order valence-electron chi connectivity index (χ1n) is 4.83. The molecule has 0 bridgehead atoms. The molecule has 1 aliphatic heterocycles. The zero-order chi connectivity index (χ0) is 9.97. The zero-order valence-electron chi connectivity index (χ0n) is 7.97. The molecule has 0 aromatic carbocycles. The van der Waals surface area contributed by atoms with Crippen LogP contribution in [-0.4, -0.2) is 23.1 Å². The molecule has 0 radical (unpaired) electrons. The molecule has 0 saturated carbocycles. The van der Waals surface area contributed by atoms with Crippen LogP contribution < -0.4 is 11.1 Å². The van der Waals surface area contributed by atoms with Crippen LogP contribution in [0.1, 0.15) is 17.0 Å². The fraction of sp³-hybridized carbons (Fsp3) is 0.556. The molecule has 0 amide bonds. The predicted molar refractivity (Wildman–Crippen MR) is 57.6 cm³/mol. The summed E-state index contributed by atoms with van der Waals surface area (Å²) in [5.41, 5.74) is 9.11. The molecule has 14 heavy (non-hydrogen) atoms. The predicted octanol–water partition coefficient (Wildman–Crippen LogP) is 0.286. The lowest BCUT2D eigenvalue weighted by Gasteiger charge is -2.19. The van der Waals surface area contributed by atoms with Crippen LogP contribution in [0.25, 0.3) is 0 Å². The number of nitrogens with one attached hydrogen (secondary N) is 2. The van der Waals surface area contributed by atoms with Crippen LogP contribution in [0.2, 0.25) is 0 Å². The van der Waals surface area contributed by atoms with Gasteiger partial charge in [-0.25, -0.2) is 4.98 Å². The minimum absolute atomic E-state index is 0.566. The highest BCUT2D eigenvalue weighted by molar-refractivity contribution is 7.71. The normalized spacial score (nSPS) is 15.2. The van der Waals surface area contributed by atoms with Gasteiger partial charge in [-0.2, -0.15) is 0 Å². The quantitative estimate of drug-likeness (QED) is 0.614. The molecular formula is C9H14N4S. The Morgan fingerprint density at radius 3 is 3.14 bits per heavy atom. The highest BCUT2D eigenvalue weighted by atomic mass is 32.1. The summed E-state index contributed by atoms with van der Waals surface area (Å²) in [5, 5.41) is 3.30. The van der Waals surface area contributed by atoms with Gasteiger partial charge < -0.3 is 16.0 Å². The van der Waals surface area contributed by atoms with Gasteiger partial charge in [0.05, 0.1) is 0 Å². The summed E-state index contributed by atoms with van der Waals surface area (Å²) in [6.07, 6.45) is 1.84. The summed E-state index contributed by atoms with van der Waals surface area (Å²) in [5.74, 6) is 0. The SMILES string of the molecule is NCCc1nc(=S)[nH]c2c1CCNC2. The molecule has 5 heteroatoms. The Labute approximate surface area is 87.9 Å². The maximum Gasteiger partial charge on any atom is 0.197 e. The lowest BCUT2D eigenvalue weighted by molar-refractivity contribution is 0.612. The lowest BCUT2D eigenvalue weighted by Crippen LogP contribution is -2.27. The summed E-state index contributed by atoms with van der Waals surface area (Å²) in [6.45, 7) is 2.50. The van der Waals surface area contributed by atoms with Gasteiger partial charge >= 0.3 is 0 Å². The maximum absolute atomic E-state index is 5.54. The molecular weight excluding hydrogens is 196 g/mol. The largest absolute Gasteiger partial charge is 0.333 e. The highest BCUT2D eigenvalue weighted by Crippen LogP contribution is 2.14. The Bertz CT molecular complexity index is 385. The van der Waals surface area contributed by atoms with Crippen molar-refractivity contribution < 1.29 is 0 Å². The smallest absolute Gasteiger partial charge is 0.197 e. The number of fused-ring (bicyclic) bond motifs is 1. The van der Waals surface area contributed by atoms with Crippen molar-refractivity contribution in [2.45, 2.75) is 19.4 Å². The van der Waals surface area contributed by atoms with E-state index >= 15 is 0 Å². The average Bonchev–Trinajstić information content (AvgIpc) is 2.18. The number of aromatic amines is 1. The third-order valence-corrected chi connectivity index (χ3v) is 2.63. The Morgan fingerprint density at radius 1 is 1.50 bits per heavy atom. The van der Waals surface area contributed by atoms with Crippen LogP contribution in [0.5, 0.6) is 0 Å². The first kappa shape index (κ1) is 9.76. The van der Waals surface area contributed by atoms with Crippen LogP contribution in [-0.2, 0) is 19.4 Å². The van der Waals surface area contributed by atoms with E-state index in [-0.39, 0.29) is 0 Å². The van der Waals surface area contributed by atoms with Gasteiger partial charge in [0.25, 0.3) is 0 Å². The van der Waals surface area contributed by atoms with E-state index in [1.165, 1.54) is 11.3 Å². The summed E-state index contributed by atoms with van der Waals surface area (Å²) in [7, 11) is 0. The molecule has 4 nitrogen and oxygen atoms in total. The molecule has 1 aromatic heterocycles. The van der Waals surface area contributed by atoms with Crippen molar-refractivity contribution in [3.05, 3.63) is 21.7 Å². The number of rotatable bonds is 2. The second-order valence-corrected chi connectivity index (χ2v) is 3.80. The molecule has 76 valence electrons. The molecule has 1 aromatic rings. The highest BCUT2D eigenvalue weighted by Gasteiger charge is 2.13. The Morgan fingerprint density at radius 2 is 2.36 bits per heavy atom. The van der Waals surface area contributed by atoms with Crippen LogP contribution in [0, 0.1) is 4.77 Å². The van der Waals surface area contributed by atoms with Crippen molar-refractivity contribution in [1.82, 2.24) is 15.3 Å². The van der Waals surface area contributed by atoms with E-state index in [2.05, 4.69) is 15.3 Å². The van der Waals surface area contributed by atoms with E-state index in [1.54, 1.807) is 0 Å². The van der Waals surface area contributed by atoms with Crippen molar-refractivity contribution in [3.8, 4) is 0 Å². The Balaban J connectivity index is 2.47. The lowest BCUT2D eigenvalue weighted by atomic mass is 10.0. The van der Waals surface area contributed by atoms with Gasteiger partial charge in [-0.05, 0) is 37.3 Å². The summed E-state index contributed by atoms with van der Waals surface area (Å²) in [4.78, 5) is 7.45. The van der Waals surface area contributed by atoms with Crippen LogP contribution in [0.3, 0.4) is 0 Å². The summed E-state index contributed by atoms with van der Waals surface area (Å²) >= 11 is 5.06. The van der Waals surface area contributed by atoms with Crippen molar-refractivity contribution >= 4 is 12.2 Å². The third kappa shape index (κ3) is 1.84. The van der Waals surface area contributed by atoms with Crippen molar-refractivity contribution in [1.29, 1.82) is 0 Å². The number of H-pyrrole nitrogens is 1. The van der Waals surface area contributed by atoms with E-state index in [0.717, 1.165) is 31.6 Å². The molecule has 0 atom stereocenters. The average molecular weight is 210 g/mol. The fourth-order valence-electron chi connectivity index (χ4n) is 1.81. The van der Waals surface area contributed by atoms with Crippen molar-refractivity contribution in [2.75, 3.05) is 13.1 Å². The van der Waals surface area contributed by atoms with Crippen LogP contribution in [0.4, 0.5) is 0 Å².